The molecule has 28 heavy (non-hydrogen) atoms. The van der Waals surface area contributed by atoms with E-state index in [2.05, 4.69) is 27.7 Å². The topological polar surface area (TPSA) is 96.7 Å². The van der Waals surface area contributed by atoms with Crippen LogP contribution in [-0.4, -0.2) is 48.2 Å². The van der Waals surface area contributed by atoms with Crippen LogP contribution in [0.25, 0.3) is 0 Å². The van der Waals surface area contributed by atoms with Crippen molar-refractivity contribution < 1.29 is 14.5 Å². The summed E-state index contributed by atoms with van der Waals surface area (Å²) in [5.74, 6) is 0. The Morgan fingerprint density at radius 1 is 1.29 bits per heavy atom. The second kappa shape index (κ2) is 9.29. The highest BCUT2D eigenvalue weighted by Gasteiger charge is 2.21. The Kier molecular flexibility index (Phi) is 6.57. The molecule has 0 aromatic heterocycles. The molecule has 1 fully saturated rings. The molecule has 0 aliphatic carbocycles. The Bertz CT molecular complexity index is 828. The number of nitrogens with one attached hydrogen (secondary N) is 2. The highest BCUT2D eigenvalue weighted by atomic mass is 16.6. The maximum atomic E-state index is 12.1. The number of nitro benzene ring substituents is 1. The lowest BCUT2D eigenvalue weighted by molar-refractivity contribution is -0.385. The van der Waals surface area contributed by atoms with Gasteiger partial charge in [0.2, 0.25) is 0 Å². The van der Waals surface area contributed by atoms with Crippen LogP contribution in [0.3, 0.4) is 0 Å². The predicted molar refractivity (Wildman–Crippen MR) is 106 cm³/mol. The molecule has 2 amide bonds. The van der Waals surface area contributed by atoms with Crippen molar-refractivity contribution in [1.82, 2.24) is 10.2 Å². The number of carbonyl (C=O) groups is 1. The van der Waals surface area contributed by atoms with Gasteiger partial charge in [0.1, 0.15) is 0 Å². The number of morpholine rings is 1. The van der Waals surface area contributed by atoms with Gasteiger partial charge in [0, 0.05) is 43.5 Å². The van der Waals surface area contributed by atoms with Crippen LogP contribution in [0.1, 0.15) is 11.1 Å². The molecule has 8 heteroatoms. The van der Waals surface area contributed by atoms with Crippen molar-refractivity contribution in [3.8, 4) is 0 Å². The van der Waals surface area contributed by atoms with Crippen LogP contribution in [0.2, 0.25) is 0 Å². The first-order chi connectivity index (χ1) is 13.5. The van der Waals surface area contributed by atoms with Crippen molar-refractivity contribution in [3.05, 3.63) is 69.8 Å². The zero-order chi connectivity index (χ0) is 19.9. The van der Waals surface area contributed by atoms with Crippen LogP contribution >= 0.6 is 0 Å². The lowest BCUT2D eigenvalue weighted by atomic mass is 10.2. The summed E-state index contributed by atoms with van der Waals surface area (Å²) in [6.45, 7) is 5.06. The fourth-order valence-corrected chi connectivity index (χ4v) is 3.15. The van der Waals surface area contributed by atoms with Crippen LogP contribution in [0.15, 0.2) is 48.5 Å². The lowest BCUT2D eigenvalue weighted by Crippen LogP contribution is -2.47. The summed E-state index contributed by atoms with van der Waals surface area (Å²) in [5, 5.41) is 16.4. The van der Waals surface area contributed by atoms with E-state index < -0.39 is 11.0 Å². The van der Waals surface area contributed by atoms with E-state index in [1.165, 1.54) is 11.6 Å². The number of benzene rings is 2. The fourth-order valence-electron chi connectivity index (χ4n) is 3.15. The standard InChI is InChI=1S/C20H24N4O4/c1-15-7-8-17(11-19(15)24(26)27)22-20(25)21-12-18-14-23(9-10-28-18)13-16-5-3-2-4-6-16/h2-8,11,18H,9-10,12-14H2,1H3,(H2,21,22,25). The van der Waals surface area contributed by atoms with Gasteiger partial charge < -0.3 is 15.4 Å². The van der Waals surface area contributed by atoms with E-state index in [0.717, 1.165) is 19.6 Å². The van der Waals surface area contributed by atoms with E-state index in [4.69, 9.17) is 4.74 Å². The lowest BCUT2D eigenvalue weighted by Gasteiger charge is -2.33. The van der Waals surface area contributed by atoms with E-state index in [9.17, 15) is 14.9 Å². The van der Waals surface area contributed by atoms with Gasteiger partial charge in [-0.05, 0) is 18.6 Å². The molecule has 8 nitrogen and oxygen atoms in total. The summed E-state index contributed by atoms with van der Waals surface area (Å²) in [5.41, 5.74) is 2.15. The molecule has 1 heterocycles. The van der Waals surface area contributed by atoms with Gasteiger partial charge in [-0.1, -0.05) is 36.4 Å². The van der Waals surface area contributed by atoms with Crippen LogP contribution in [0.4, 0.5) is 16.2 Å². The van der Waals surface area contributed by atoms with Crippen LogP contribution in [0.5, 0.6) is 0 Å². The summed E-state index contributed by atoms with van der Waals surface area (Å²) < 4.78 is 5.74. The Morgan fingerprint density at radius 2 is 2.07 bits per heavy atom. The van der Waals surface area contributed by atoms with Crippen molar-refractivity contribution in [2.45, 2.75) is 19.6 Å². The minimum Gasteiger partial charge on any atom is -0.374 e. The second-order valence-electron chi connectivity index (χ2n) is 6.81. The molecule has 1 saturated heterocycles. The average molecular weight is 384 g/mol. The van der Waals surface area contributed by atoms with E-state index in [1.54, 1.807) is 19.1 Å². The summed E-state index contributed by atoms with van der Waals surface area (Å²) in [4.78, 5) is 25.0. The molecule has 148 valence electrons. The monoisotopic (exact) mass is 384 g/mol. The normalized spacial score (nSPS) is 17.1. The first kappa shape index (κ1) is 19.8. The molecule has 1 aliphatic heterocycles. The molecule has 0 radical (unpaired) electrons. The Morgan fingerprint density at radius 3 is 2.82 bits per heavy atom. The third-order valence-corrected chi connectivity index (χ3v) is 4.63. The molecular weight excluding hydrogens is 360 g/mol. The number of amides is 2. The SMILES string of the molecule is Cc1ccc(NC(=O)NCC2CN(Cc3ccccc3)CCO2)cc1[N+](=O)[O-]. The number of nitrogens with zero attached hydrogens (tertiary/aromatic N) is 2. The zero-order valence-electron chi connectivity index (χ0n) is 15.8. The van der Waals surface area contributed by atoms with Crippen molar-refractivity contribution in [2.24, 2.45) is 0 Å². The third-order valence-electron chi connectivity index (χ3n) is 4.63. The summed E-state index contributed by atoms with van der Waals surface area (Å²) >= 11 is 0. The van der Waals surface area contributed by atoms with Gasteiger partial charge in [-0.2, -0.15) is 0 Å². The highest BCUT2D eigenvalue weighted by molar-refractivity contribution is 5.89. The van der Waals surface area contributed by atoms with Crippen molar-refractivity contribution in [1.29, 1.82) is 0 Å². The summed E-state index contributed by atoms with van der Waals surface area (Å²) in [6.07, 6.45) is -0.101. The quantitative estimate of drug-likeness (QED) is 0.590. The number of carbonyl (C=O) groups excluding carboxylic acids is 1. The fraction of sp³-hybridized carbons (Fsp3) is 0.350. The molecule has 2 aromatic carbocycles. The molecule has 0 bridgehead atoms. The van der Waals surface area contributed by atoms with Gasteiger partial charge in [0.15, 0.2) is 0 Å². The van der Waals surface area contributed by atoms with Crippen molar-refractivity contribution >= 4 is 17.4 Å². The minimum absolute atomic E-state index is 0.0232. The third kappa shape index (κ3) is 5.51. The average Bonchev–Trinajstić information content (AvgIpc) is 2.69. The highest BCUT2D eigenvalue weighted by Crippen LogP contribution is 2.22. The molecule has 2 N–H and O–H groups in total. The number of anilines is 1. The first-order valence-corrected chi connectivity index (χ1v) is 9.19. The van der Waals surface area contributed by atoms with E-state index in [0.29, 0.717) is 24.4 Å². The molecule has 0 spiro atoms. The molecule has 1 aliphatic rings. The molecule has 0 saturated carbocycles. The number of hydrogen-bond acceptors (Lipinski definition) is 5. The smallest absolute Gasteiger partial charge is 0.319 e. The molecular formula is C20H24N4O4. The van der Waals surface area contributed by atoms with Gasteiger partial charge in [0.05, 0.1) is 17.6 Å². The Balaban J connectivity index is 1.47. The number of urea groups is 1. The van der Waals surface area contributed by atoms with Gasteiger partial charge >= 0.3 is 6.03 Å². The number of nitro groups is 1. The van der Waals surface area contributed by atoms with Crippen LogP contribution in [0, 0.1) is 17.0 Å². The predicted octanol–water partition coefficient (Wildman–Crippen LogP) is 2.93. The van der Waals surface area contributed by atoms with E-state index in [-0.39, 0.29) is 11.8 Å². The van der Waals surface area contributed by atoms with Gasteiger partial charge in [-0.15, -0.1) is 0 Å². The van der Waals surface area contributed by atoms with Gasteiger partial charge in [-0.3, -0.25) is 15.0 Å². The van der Waals surface area contributed by atoms with Gasteiger partial charge in [0.25, 0.3) is 5.69 Å². The summed E-state index contributed by atoms with van der Waals surface area (Å²) in [6, 6.07) is 14.4. The van der Waals surface area contributed by atoms with Crippen molar-refractivity contribution in [2.75, 3.05) is 31.6 Å². The molecule has 3 rings (SSSR count). The Hall–Kier alpha value is -2.97. The molecule has 1 atom stereocenters. The Labute approximate surface area is 163 Å². The second-order valence-corrected chi connectivity index (χ2v) is 6.81. The zero-order valence-corrected chi connectivity index (χ0v) is 15.8. The number of ether oxygens (including phenoxy) is 1. The largest absolute Gasteiger partial charge is 0.374 e. The maximum Gasteiger partial charge on any atom is 0.319 e. The first-order valence-electron chi connectivity index (χ1n) is 9.19. The van der Waals surface area contributed by atoms with E-state index >= 15 is 0 Å². The van der Waals surface area contributed by atoms with Crippen LogP contribution < -0.4 is 10.6 Å². The molecule has 1 unspecified atom stereocenters. The number of rotatable bonds is 6. The van der Waals surface area contributed by atoms with Gasteiger partial charge in [-0.25, -0.2) is 4.79 Å². The van der Waals surface area contributed by atoms with E-state index in [1.807, 2.05) is 18.2 Å². The maximum absolute atomic E-state index is 12.1. The summed E-state index contributed by atoms with van der Waals surface area (Å²) in [7, 11) is 0. The minimum atomic E-state index is -0.463. The number of hydrogen-bond donors (Lipinski definition) is 2. The molecule has 2 aromatic rings. The van der Waals surface area contributed by atoms with Crippen LogP contribution in [-0.2, 0) is 11.3 Å². The van der Waals surface area contributed by atoms with Crippen molar-refractivity contribution in [3.63, 3.8) is 0 Å². The number of aryl methyl sites for hydroxylation is 1.